The maximum absolute atomic E-state index is 10.4. The Hall–Kier alpha value is -1.02. The lowest BCUT2D eigenvalue weighted by molar-refractivity contribution is 0.282. The molecule has 0 aliphatic carbocycles. The molecule has 1 rings (SSSR count). The van der Waals surface area contributed by atoms with Crippen LogP contribution in [0.25, 0.3) is 6.08 Å². The highest BCUT2D eigenvalue weighted by Gasteiger charge is 2.21. The van der Waals surface area contributed by atoms with Crippen molar-refractivity contribution < 1.29 is 14.6 Å². The monoisotopic (exact) mass is 197 g/mol. The van der Waals surface area contributed by atoms with Gasteiger partial charge in [-0.15, -0.1) is 0 Å². The Balaban J connectivity index is 2.64. The fraction of sp³-hybridized carbons (Fsp3) is 0.111. The average Bonchev–Trinajstić information content (AvgIpc) is 2.15. The molecule has 4 heteroatoms. The number of aliphatic hydroxyl groups excluding tert-OH is 1. The number of benzene rings is 1. The standard InChI is InChI=1S/C9H9O3P/c10-9(13(11)12)7-6-8-4-2-1-3-5-8/h1-7,9-10H/p+1/b7-6+/t9-/m0/s1. The summed E-state index contributed by atoms with van der Waals surface area (Å²) >= 11 is 0. The molecule has 1 aromatic rings. The van der Waals surface area contributed by atoms with Crippen molar-refractivity contribution in [3.8, 4) is 0 Å². The summed E-state index contributed by atoms with van der Waals surface area (Å²) in [6, 6.07) is 9.26. The number of hydrogen-bond acceptors (Lipinski definition) is 2. The first-order valence-electron chi connectivity index (χ1n) is 3.76. The van der Waals surface area contributed by atoms with E-state index in [1.54, 1.807) is 6.08 Å². The lowest BCUT2D eigenvalue weighted by Crippen LogP contribution is -1.92. The lowest BCUT2D eigenvalue weighted by Gasteiger charge is -1.90. The van der Waals surface area contributed by atoms with Crippen molar-refractivity contribution in [3.05, 3.63) is 42.0 Å². The summed E-state index contributed by atoms with van der Waals surface area (Å²) in [5.74, 6) is -1.28. The highest BCUT2D eigenvalue weighted by Crippen LogP contribution is 2.21. The van der Waals surface area contributed by atoms with Crippen LogP contribution in [0, 0.1) is 0 Å². The fourth-order valence-corrected chi connectivity index (χ4v) is 1.07. The molecule has 0 fully saturated rings. The van der Waals surface area contributed by atoms with Gasteiger partial charge in [-0.2, -0.15) is 4.89 Å². The smallest absolute Gasteiger partial charge is 0.345 e. The summed E-state index contributed by atoms with van der Waals surface area (Å²) in [7, 11) is -2.54. The van der Waals surface area contributed by atoms with Gasteiger partial charge in [0.1, 0.15) is 0 Å². The predicted molar refractivity (Wildman–Crippen MR) is 51.3 cm³/mol. The molecule has 2 N–H and O–H groups in total. The molecule has 0 aliphatic rings. The van der Waals surface area contributed by atoms with Crippen molar-refractivity contribution in [2.45, 2.75) is 5.85 Å². The van der Waals surface area contributed by atoms with Crippen molar-refractivity contribution in [1.82, 2.24) is 0 Å². The molecule has 1 unspecified atom stereocenters. The van der Waals surface area contributed by atoms with Gasteiger partial charge in [0.25, 0.3) is 0 Å². The van der Waals surface area contributed by atoms with E-state index in [-0.39, 0.29) is 0 Å². The zero-order valence-corrected chi connectivity index (χ0v) is 7.76. The molecule has 68 valence electrons. The second-order valence-electron chi connectivity index (χ2n) is 2.49. The Morgan fingerprint density at radius 2 is 1.92 bits per heavy atom. The highest BCUT2D eigenvalue weighted by atomic mass is 31.1. The average molecular weight is 197 g/mol. The van der Waals surface area contributed by atoms with Gasteiger partial charge in [-0.1, -0.05) is 36.4 Å². The summed E-state index contributed by atoms with van der Waals surface area (Å²) in [5, 5.41) is 8.97. The van der Waals surface area contributed by atoms with E-state index in [0.717, 1.165) is 5.56 Å². The maximum Gasteiger partial charge on any atom is 0.542 e. The second-order valence-corrected chi connectivity index (χ2v) is 3.62. The topological polar surface area (TPSA) is 57.5 Å². The van der Waals surface area contributed by atoms with Crippen LogP contribution in [0.1, 0.15) is 5.56 Å². The summed E-state index contributed by atoms with van der Waals surface area (Å²) < 4.78 is 10.4. The van der Waals surface area contributed by atoms with Crippen LogP contribution in [0.2, 0.25) is 0 Å². The van der Waals surface area contributed by atoms with E-state index >= 15 is 0 Å². The van der Waals surface area contributed by atoms with E-state index in [2.05, 4.69) is 0 Å². The van der Waals surface area contributed by atoms with Crippen LogP contribution < -0.4 is 0 Å². The molecule has 0 saturated carbocycles. The van der Waals surface area contributed by atoms with Gasteiger partial charge in [0.05, 0.1) is 0 Å². The molecule has 0 amide bonds. The second kappa shape index (κ2) is 4.87. The molecule has 3 nitrogen and oxygen atoms in total. The van der Waals surface area contributed by atoms with Crippen LogP contribution in [0.3, 0.4) is 0 Å². The van der Waals surface area contributed by atoms with Crippen molar-refractivity contribution in [1.29, 1.82) is 0 Å². The molecule has 0 aromatic heterocycles. The zero-order chi connectivity index (χ0) is 9.68. The Kier molecular flexibility index (Phi) is 3.77. The van der Waals surface area contributed by atoms with Crippen molar-refractivity contribution in [2.75, 3.05) is 0 Å². The first-order valence-corrected chi connectivity index (χ1v) is 5.05. The van der Waals surface area contributed by atoms with Gasteiger partial charge in [0, 0.05) is 0 Å². The van der Waals surface area contributed by atoms with Gasteiger partial charge < -0.3 is 5.11 Å². The van der Waals surface area contributed by atoms with Crippen molar-refractivity contribution in [2.24, 2.45) is 0 Å². The number of hydrogen-bond donors (Lipinski definition) is 2. The van der Waals surface area contributed by atoms with Gasteiger partial charge in [0.15, 0.2) is 0 Å². The van der Waals surface area contributed by atoms with Gasteiger partial charge >= 0.3 is 13.9 Å². The van der Waals surface area contributed by atoms with E-state index in [4.69, 9.17) is 10.00 Å². The number of aliphatic hydroxyl groups is 1. The minimum atomic E-state index is -2.54. The largest absolute Gasteiger partial charge is 0.542 e. The van der Waals surface area contributed by atoms with E-state index < -0.39 is 13.9 Å². The third kappa shape index (κ3) is 3.47. The van der Waals surface area contributed by atoms with Gasteiger partial charge in [0.2, 0.25) is 0 Å². The Morgan fingerprint density at radius 3 is 2.46 bits per heavy atom. The first-order chi connectivity index (χ1) is 6.20. The van der Waals surface area contributed by atoms with Crippen LogP contribution in [0.4, 0.5) is 0 Å². The van der Waals surface area contributed by atoms with Crippen LogP contribution in [-0.4, -0.2) is 15.8 Å². The molecule has 0 spiro atoms. The van der Waals surface area contributed by atoms with Crippen LogP contribution in [0.15, 0.2) is 36.4 Å². The Bertz CT molecular complexity index is 308. The van der Waals surface area contributed by atoms with E-state index in [1.165, 1.54) is 6.08 Å². The minimum Gasteiger partial charge on any atom is -0.345 e. The lowest BCUT2D eigenvalue weighted by atomic mass is 10.2. The molecule has 0 heterocycles. The zero-order valence-electron chi connectivity index (χ0n) is 6.87. The molecule has 0 bridgehead atoms. The van der Waals surface area contributed by atoms with Crippen LogP contribution >= 0.6 is 8.03 Å². The third-order valence-corrected chi connectivity index (χ3v) is 2.11. The minimum absolute atomic E-state index is 0.887. The van der Waals surface area contributed by atoms with Crippen molar-refractivity contribution in [3.63, 3.8) is 0 Å². The molecule has 1 aromatic carbocycles. The molecule has 0 aliphatic heterocycles. The molecular weight excluding hydrogens is 187 g/mol. The normalized spacial score (nSPS) is 14.5. The number of rotatable bonds is 3. The molecular formula is C9H10O3P+. The Morgan fingerprint density at radius 1 is 1.31 bits per heavy atom. The molecule has 2 atom stereocenters. The van der Waals surface area contributed by atoms with Crippen molar-refractivity contribution >= 4 is 14.1 Å². The van der Waals surface area contributed by atoms with E-state index in [1.807, 2.05) is 30.3 Å². The van der Waals surface area contributed by atoms with E-state index in [0.29, 0.717) is 0 Å². The Labute approximate surface area is 77.2 Å². The fourth-order valence-electron chi connectivity index (χ4n) is 0.835. The van der Waals surface area contributed by atoms with Gasteiger partial charge in [-0.05, 0) is 16.2 Å². The van der Waals surface area contributed by atoms with Gasteiger partial charge in [-0.3, -0.25) is 0 Å². The van der Waals surface area contributed by atoms with Crippen LogP contribution in [0.5, 0.6) is 0 Å². The molecule has 0 saturated heterocycles. The summed E-state index contributed by atoms with van der Waals surface area (Å²) in [6.07, 6.45) is 2.90. The quantitative estimate of drug-likeness (QED) is 0.726. The SMILES string of the molecule is O=[P+](O)[C@H](O)/C=C/c1ccccc1. The summed E-state index contributed by atoms with van der Waals surface area (Å²) in [6.45, 7) is 0. The summed E-state index contributed by atoms with van der Waals surface area (Å²) in [4.78, 5) is 8.51. The van der Waals surface area contributed by atoms with Crippen LogP contribution in [-0.2, 0) is 4.57 Å². The van der Waals surface area contributed by atoms with Gasteiger partial charge in [-0.25, -0.2) is 0 Å². The first kappa shape index (κ1) is 10.1. The maximum atomic E-state index is 10.4. The molecule has 13 heavy (non-hydrogen) atoms. The third-order valence-electron chi connectivity index (χ3n) is 1.49. The predicted octanol–water partition coefficient (Wildman–Crippen LogP) is 1.75. The van der Waals surface area contributed by atoms with E-state index in [9.17, 15) is 4.57 Å². The summed E-state index contributed by atoms with van der Waals surface area (Å²) in [5.41, 5.74) is 0.887. The molecule has 0 radical (unpaired) electrons. The highest BCUT2D eigenvalue weighted by molar-refractivity contribution is 7.38.